The number of methoxy groups -OCH3 is 1. The lowest BCUT2D eigenvalue weighted by Gasteiger charge is -2.31. The number of carbonyl (C=O) groups excluding carboxylic acids is 1. The van der Waals surface area contributed by atoms with E-state index in [0.29, 0.717) is 11.1 Å². The first-order chi connectivity index (χ1) is 13.7. The number of thioether (sulfide) groups is 1. The van der Waals surface area contributed by atoms with Crippen LogP contribution in [0.5, 0.6) is 5.75 Å². The number of rotatable bonds is 5. The monoisotopic (exact) mass is 395 g/mol. The zero-order valence-corrected chi connectivity index (χ0v) is 16.6. The summed E-state index contributed by atoms with van der Waals surface area (Å²) in [5.41, 5.74) is 3.04. The Labute approximate surface area is 167 Å². The molecule has 1 amide bonds. The second kappa shape index (κ2) is 8.06. The average molecular weight is 395 g/mol. The number of hydrogen-bond acceptors (Lipinski definition) is 6. The fourth-order valence-electron chi connectivity index (χ4n) is 3.29. The Balaban J connectivity index is 1.46. The Morgan fingerprint density at radius 1 is 1.18 bits per heavy atom. The lowest BCUT2D eigenvalue weighted by atomic mass is 10.0. The first-order valence-electron chi connectivity index (χ1n) is 9.19. The van der Waals surface area contributed by atoms with E-state index in [1.807, 2.05) is 54.3 Å². The average Bonchev–Trinajstić information content (AvgIpc) is 3.21. The van der Waals surface area contributed by atoms with Crippen LogP contribution in [0.2, 0.25) is 0 Å². The van der Waals surface area contributed by atoms with Crippen LogP contribution in [-0.2, 0) is 11.2 Å². The van der Waals surface area contributed by atoms with Gasteiger partial charge in [-0.05, 0) is 55.7 Å². The summed E-state index contributed by atoms with van der Waals surface area (Å²) in [5.74, 6) is 1.24. The number of aryl methyl sites for hydroxylation is 1. The molecule has 0 fully saturated rings. The predicted molar refractivity (Wildman–Crippen MR) is 109 cm³/mol. The highest BCUT2D eigenvalue weighted by atomic mass is 32.2. The first-order valence-corrected chi connectivity index (χ1v) is 10.1. The second-order valence-corrected chi connectivity index (χ2v) is 7.88. The molecule has 4 rings (SSSR count). The van der Waals surface area contributed by atoms with Gasteiger partial charge in [0.25, 0.3) is 5.22 Å². The largest absolute Gasteiger partial charge is 0.497 e. The fourth-order valence-corrected chi connectivity index (χ4v) is 4.04. The molecular formula is C21H21N3O3S. The summed E-state index contributed by atoms with van der Waals surface area (Å²) in [6.45, 7) is 2.61. The van der Waals surface area contributed by atoms with Crippen molar-refractivity contribution in [1.82, 2.24) is 10.2 Å². The Kier molecular flexibility index (Phi) is 5.34. The van der Waals surface area contributed by atoms with Crippen molar-refractivity contribution in [3.63, 3.8) is 0 Å². The Morgan fingerprint density at radius 2 is 1.96 bits per heavy atom. The van der Waals surface area contributed by atoms with Gasteiger partial charge in [0.2, 0.25) is 11.8 Å². The van der Waals surface area contributed by atoms with Gasteiger partial charge in [-0.2, -0.15) is 0 Å². The van der Waals surface area contributed by atoms with E-state index in [0.717, 1.165) is 36.4 Å². The van der Waals surface area contributed by atoms with Gasteiger partial charge in [-0.25, -0.2) is 0 Å². The van der Waals surface area contributed by atoms with Crippen molar-refractivity contribution >= 4 is 23.4 Å². The maximum atomic E-state index is 13.0. The quantitative estimate of drug-likeness (QED) is 0.603. The molecular weight excluding hydrogens is 374 g/mol. The third-order valence-electron chi connectivity index (χ3n) is 4.75. The minimum Gasteiger partial charge on any atom is -0.497 e. The van der Waals surface area contributed by atoms with Gasteiger partial charge >= 0.3 is 0 Å². The van der Waals surface area contributed by atoms with Crippen LogP contribution >= 0.6 is 11.8 Å². The molecule has 0 spiro atoms. The number of ether oxygens (including phenoxy) is 1. The number of carbonyl (C=O) groups is 1. The molecule has 1 unspecified atom stereocenters. The highest BCUT2D eigenvalue weighted by Crippen LogP contribution is 2.31. The number of nitrogens with zero attached hydrogens (tertiary/aromatic N) is 3. The summed E-state index contributed by atoms with van der Waals surface area (Å²) >= 11 is 1.29. The van der Waals surface area contributed by atoms with Gasteiger partial charge in [-0.1, -0.05) is 30.0 Å². The van der Waals surface area contributed by atoms with Crippen LogP contribution in [0.25, 0.3) is 11.5 Å². The van der Waals surface area contributed by atoms with Crippen LogP contribution < -0.4 is 9.64 Å². The summed E-state index contributed by atoms with van der Waals surface area (Å²) < 4.78 is 10.9. The van der Waals surface area contributed by atoms with E-state index in [1.54, 1.807) is 7.11 Å². The molecule has 0 saturated heterocycles. The normalized spacial score (nSPS) is 14.4. The van der Waals surface area contributed by atoms with E-state index >= 15 is 0 Å². The molecule has 0 radical (unpaired) electrons. The van der Waals surface area contributed by atoms with Crippen LogP contribution in [-0.4, -0.2) is 35.0 Å². The van der Waals surface area contributed by atoms with Crippen LogP contribution in [0, 0.1) is 0 Å². The maximum absolute atomic E-state index is 13.0. The lowest BCUT2D eigenvalue weighted by Crippen LogP contribution is -2.40. The van der Waals surface area contributed by atoms with Gasteiger partial charge in [0.15, 0.2) is 0 Å². The molecule has 0 aliphatic carbocycles. The summed E-state index contributed by atoms with van der Waals surface area (Å²) in [6.07, 6.45) is 1.98. The van der Waals surface area contributed by atoms with Crippen molar-refractivity contribution in [2.24, 2.45) is 0 Å². The fraction of sp³-hybridized carbons (Fsp3) is 0.286. The van der Waals surface area contributed by atoms with Crippen LogP contribution in [0.1, 0.15) is 18.9 Å². The zero-order valence-electron chi connectivity index (χ0n) is 15.8. The number of benzene rings is 2. The van der Waals surface area contributed by atoms with Gasteiger partial charge in [0.1, 0.15) is 5.75 Å². The van der Waals surface area contributed by atoms with Crippen molar-refractivity contribution in [2.45, 2.75) is 30.2 Å². The number of para-hydroxylation sites is 1. The third-order valence-corrected chi connectivity index (χ3v) is 5.67. The standard InChI is InChI=1S/C21H21N3O3S/c1-14(20(25)24-13-5-7-15-6-3-4-8-18(15)24)28-21-23-22-19(27-21)16-9-11-17(26-2)12-10-16/h3-4,6,8-12,14H,5,7,13H2,1-2H3. The number of anilines is 1. The zero-order chi connectivity index (χ0) is 19.5. The molecule has 0 saturated carbocycles. The molecule has 144 valence electrons. The highest BCUT2D eigenvalue weighted by Gasteiger charge is 2.28. The topological polar surface area (TPSA) is 68.5 Å². The van der Waals surface area contributed by atoms with Crippen molar-refractivity contribution in [1.29, 1.82) is 0 Å². The van der Waals surface area contributed by atoms with Crippen LogP contribution in [0.3, 0.4) is 0 Å². The van der Waals surface area contributed by atoms with Crippen molar-refractivity contribution in [3.8, 4) is 17.2 Å². The third kappa shape index (κ3) is 3.75. The molecule has 2 aromatic carbocycles. The molecule has 0 bridgehead atoms. The highest BCUT2D eigenvalue weighted by molar-refractivity contribution is 8.00. The van der Waals surface area contributed by atoms with Gasteiger partial charge in [0.05, 0.1) is 12.4 Å². The molecule has 6 nitrogen and oxygen atoms in total. The molecule has 1 aliphatic rings. The minimum absolute atomic E-state index is 0.0568. The summed E-state index contributed by atoms with van der Waals surface area (Å²) in [4.78, 5) is 14.9. The van der Waals surface area contributed by atoms with E-state index < -0.39 is 0 Å². The first kappa shape index (κ1) is 18.6. The van der Waals surface area contributed by atoms with E-state index in [2.05, 4.69) is 16.3 Å². The predicted octanol–water partition coefficient (Wildman–Crippen LogP) is 4.21. The van der Waals surface area contributed by atoms with Crippen LogP contribution in [0.4, 0.5) is 5.69 Å². The summed E-state index contributed by atoms with van der Waals surface area (Å²) in [7, 11) is 1.62. The number of hydrogen-bond donors (Lipinski definition) is 0. The van der Waals surface area contributed by atoms with E-state index in [-0.39, 0.29) is 11.2 Å². The van der Waals surface area contributed by atoms with Crippen molar-refractivity contribution in [3.05, 3.63) is 54.1 Å². The van der Waals surface area contributed by atoms with Gasteiger partial charge in [0, 0.05) is 17.8 Å². The Bertz CT molecular complexity index is 971. The van der Waals surface area contributed by atoms with Gasteiger partial charge in [-0.15, -0.1) is 10.2 Å². The number of fused-ring (bicyclic) bond motifs is 1. The summed E-state index contributed by atoms with van der Waals surface area (Å²) in [6, 6.07) is 15.5. The van der Waals surface area contributed by atoms with Crippen molar-refractivity contribution < 1.29 is 13.9 Å². The van der Waals surface area contributed by atoms with Gasteiger partial charge in [-0.3, -0.25) is 4.79 Å². The van der Waals surface area contributed by atoms with E-state index in [9.17, 15) is 4.79 Å². The van der Waals surface area contributed by atoms with Gasteiger partial charge < -0.3 is 14.1 Å². The molecule has 0 N–H and O–H groups in total. The molecule has 1 aromatic heterocycles. The number of amides is 1. The van der Waals surface area contributed by atoms with E-state index in [4.69, 9.17) is 9.15 Å². The number of aromatic nitrogens is 2. The molecule has 28 heavy (non-hydrogen) atoms. The second-order valence-electron chi connectivity index (χ2n) is 6.58. The summed E-state index contributed by atoms with van der Waals surface area (Å²) in [5, 5.41) is 8.25. The Morgan fingerprint density at radius 3 is 2.75 bits per heavy atom. The lowest BCUT2D eigenvalue weighted by molar-refractivity contribution is -0.117. The Hall–Kier alpha value is -2.80. The maximum Gasteiger partial charge on any atom is 0.277 e. The SMILES string of the molecule is COc1ccc(-c2nnc(SC(C)C(=O)N3CCCc4ccccc43)o2)cc1. The van der Waals surface area contributed by atoms with Crippen molar-refractivity contribution in [2.75, 3.05) is 18.6 Å². The molecule has 2 heterocycles. The molecule has 3 aromatic rings. The minimum atomic E-state index is -0.324. The van der Waals surface area contributed by atoms with Crippen LogP contribution in [0.15, 0.2) is 58.2 Å². The molecule has 1 atom stereocenters. The smallest absolute Gasteiger partial charge is 0.277 e. The molecule has 1 aliphatic heterocycles. The molecule has 7 heteroatoms. The van der Waals surface area contributed by atoms with E-state index in [1.165, 1.54) is 17.3 Å².